The molecule has 0 atom stereocenters. The van der Waals surface area contributed by atoms with Crippen LogP contribution < -0.4 is 4.31 Å². The Morgan fingerprint density at radius 2 is 1.58 bits per heavy atom. The molecule has 1 aliphatic rings. The predicted molar refractivity (Wildman–Crippen MR) is 93.5 cm³/mol. The zero-order valence-electron chi connectivity index (χ0n) is 14.7. The lowest BCUT2D eigenvalue weighted by Gasteiger charge is -2.29. The summed E-state index contributed by atoms with van der Waals surface area (Å²) in [5, 5.41) is 0. The molecule has 0 spiro atoms. The Hall–Kier alpha value is -1.16. The first-order valence-corrected chi connectivity index (χ1v) is 10.9. The Bertz CT molecular complexity index is 841. The Kier molecular flexibility index (Phi) is 5.29. The van der Waals surface area contributed by atoms with Gasteiger partial charge in [-0.1, -0.05) is 6.07 Å². The van der Waals surface area contributed by atoms with Gasteiger partial charge in [0.25, 0.3) is 0 Å². The number of benzene rings is 1. The van der Waals surface area contributed by atoms with E-state index >= 15 is 0 Å². The van der Waals surface area contributed by atoms with Gasteiger partial charge in [0.15, 0.2) is 0 Å². The van der Waals surface area contributed by atoms with Gasteiger partial charge >= 0.3 is 0 Å². The van der Waals surface area contributed by atoms with E-state index in [1.54, 1.807) is 26.8 Å². The van der Waals surface area contributed by atoms with Gasteiger partial charge < -0.3 is 4.74 Å². The van der Waals surface area contributed by atoms with Gasteiger partial charge in [0.05, 0.1) is 30.1 Å². The van der Waals surface area contributed by atoms with E-state index in [-0.39, 0.29) is 4.90 Å². The molecule has 0 amide bonds. The summed E-state index contributed by atoms with van der Waals surface area (Å²) in [4.78, 5) is 0.181. The van der Waals surface area contributed by atoms with Gasteiger partial charge in [0, 0.05) is 20.1 Å². The molecule has 1 aromatic carbocycles. The van der Waals surface area contributed by atoms with Crippen LogP contribution in [0.25, 0.3) is 0 Å². The smallest absolute Gasteiger partial charge is 0.243 e. The second kappa shape index (κ2) is 6.62. The molecule has 7 nitrogen and oxygen atoms in total. The van der Waals surface area contributed by atoms with E-state index < -0.39 is 20.0 Å². The molecule has 0 aromatic heterocycles. The summed E-state index contributed by atoms with van der Waals surface area (Å²) in [6.07, 6.45) is 1.10. The van der Waals surface area contributed by atoms with Crippen molar-refractivity contribution in [1.29, 1.82) is 0 Å². The van der Waals surface area contributed by atoms with E-state index in [2.05, 4.69) is 0 Å². The van der Waals surface area contributed by atoms with Crippen LogP contribution in [-0.2, 0) is 24.8 Å². The molecular weight excluding hydrogens is 352 g/mol. The van der Waals surface area contributed by atoms with E-state index in [9.17, 15) is 16.8 Å². The lowest BCUT2D eigenvalue weighted by Crippen LogP contribution is -2.41. The lowest BCUT2D eigenvalue weighted by molar-refractivity contribution is 0.0730. The van der Waals surface area contributed by atoms with E-state index in [0.717, 1.165) is 16.1 Å². The number of ether oxygens (including phenoxy) is 1. The van der Waals surface area contributed by atoms with Crippen LogP contribution in [-0.4, -0.2) is 60.7 Å². The summed E-state index contributed by atoms with van der Waals surface area (Å²) in [5.74, 6) is 0. The standard InChI is InChI=1S/C15H24N2O5S2/c1-11-10-12(2)15(13(3)14(11)16(4)23(5,18)19)24(20,21)17-6-8-22-9-7-17/h10H,6-9H2,1-5H3. The maximum absolute atomic E-state index is 13.1. The minimum absolute atomic E-state index is 0.181. The summed E-state index contributed by atoms with van der Waals surface area (Å²) in [5.41, 5.74) is 2.20. The molecule has 9 heteroatoms. The number of aryl methyl sites for hydroxylation is 2. The molecule has 136 valence electrons. The fourth-order valence-electron chi connectivity index (χ4n) is 3.12. The first kappa shape index (κ1) is 19.2. The zero-order valence-corrected chi connectivity index (χ0v) is 16.3. The molecular formula is C15H24N2O5S2. The van der Waals surface area contributed by atoms with Gasteiger partial charge in [-0.3, -0.25) is 4.31 Å². The minimum atomic E-state index is -3.71. The van der Waals surface area contributed by atoms with Crippen molar-refractivity contribution in [2.75, 3.05) is 43.9 Å². The molecule has 1 aliphatic heterocycles. The number of morpholine rings is 1. The highest BCUT2D eigenvalue weighted by Gasteiger charge is 2.32. The number of hydrogen-bond acceptors (Lipinski definition) is 5. The van der Waals surface area contributed by atoms with E-state index in [1.165, 1.54) is 11.4 Å². The fraction of sp³-hybridized carbons (Fsp3) is 0.600. The van der Waals surface area contributed by atoms with Gasteiger partial charge in [-0.2, -0.15) is 4.31 Å². The minimum Gasteiger partial charge on any atom is -0.379 e. The van der Waals surface area contributed by atoms with Gasteiger partial charge in [-0.05, 0) is 37.5 Å². The van der Waals surface area contributed by atoms with Crippen molar-refractivity contribution >= 4 is 25.7 Å². The van der Waals surface area contributed by atoms with E-state index in [0.29, 0.717) is 43.1 Å². The van der Waals surface area contributed by atoms with Crippen molar-refractivity contribution in [2.45, 2.75) is 25.7 Å². The molecule has 24 heavy (non-hydrogen) atoms. The van der Waals surface area contributed by atoms with Crippen LogP contribution in [0.15, 0.2) is 11.0 Å². The average Bonchev–Trinajstić information content (AvgIpc) is 2.46. The third-order valence-electron chi connectivity index (χ3n) is 4.24. The highest BCUT2D eigenvalue weighted by atomic mass is 32.2. The van der Waals surface area contributed by atoms with Crippen LogP contribution in [0.3, 0.4) is 0 Å². The van der Waals surface area contributed by atoms with Crippen molar-refractivity contribution in [3.8, 4) is 0 Å². The van der Waals surface area contributed by atoms with E-state index in [1.807, 2.05) is 0 Å². The average molecular weight is 377 g/mol. The van der Waals surface area contributed by atoms with E-state index in [4.69, 9.17) is 4.74 Å². The zero-order chi connectivity index (χ0) is 18.3. The molecule has 1 saturated heterocycles. The van der Waals surface area contributed by atoms with Crippen molar-refractivity contribution in [2.24, 2.45) is 0 Å². The van der Waals surface area contributed by atoms with Crippen molar-refractivity contribution in [3.05, 3.63) is 22.8 Å². The number of nitrogens with zero attached hydrogens (tertiary/aromatic N) is 2. The van der Waals surface area contributed by atoms with Crippen LogP contribution in [0, 0.1) is 20.8 Å². The highest BCUT2D eigenvalue weighted by Crippen LogP contribution is 2.35. The third-order valence-corrected chi connectivity index (χ3v) is 7.61. The number of anilines is 1. The van der Waals surface area contributed by atoms with Gasteiger partial charge in [-0.25, -0.2) is 16.8 Å². The maximum Gasteiger partial charge on any atom is 0.243 e. The predicted octanol–water partition coefficient (Wildman–Crippen LogP) is 1.03. The molecule has 0 unspecified atom stereocenters. The second-order valence-electron chi connectivity index (χ2n) is 6.06. The maximum atomic E-state index is 13.1. The molecule has 0 bridgehead atoms. The molecule has 0 aliphatic carbocycles. The first-order chi connectivity index (χ1) is 11.0. The molecule has 0 saturated carbocycles. The largest absolute Gasteiger partial charge is 0.379 e. The highest BCUT2D eigenvalue weighted by molar-refractivity contribution is 7.92. The fourth-order valence-corrected chi connectivity index (χ4v) is 5.57. The summed E-state index contributed by atoms with van der Waals surface area (Å²) in [7, 11) is -5.77. The second-order valence-corrected chi connectivity index (χ2v) is 9.95. The summed E-state index contributed by atoms with van der Waals surface area (Å²) < 4.78 is 57.8. The topological polar surface area (TPSA) is 84.0 Å². The van der Waals surface area contributed by atoms with Gasteiger partial charge in [-0.15, -0.1) is 0 Å². The Balaban J connectivity index is 2.67. The third kappa shape index (κ3) is 3.44. The Morgan fingerprint density at radius 3 is 2.08 bits per heavy atom. The van der Waals surface area contributed by atoms with Crippen LogP contribution in [0.4, 0.5) is 5.69 Å². The van der Waals surface area contributed by atoms with Gasteiger partial charge in [0.1, 0.15) is 0 Å². The van der Waals surface area contributed by atoms with Crippen molar-refractivity contribution in [1.82, 2.24) is 4.31 Å². The Morgan fingerprint density at radius 1 is 1.04 bits per heavy atom. The normalized spacial score (nSPS) is 17.0. The molecule has 2 rings (SSSR count). The molecule has 0 radical (unpaired) electrons. The SMILES string of the molecule is Cc1cc(C)c(S(=O)(=O)N2CCOCC2)c(C)c1N(C)S(C)(=O)=O. The number of hydrogen-bond donors (Lipinski definition) is 0. The van der Waals surface area contributed by atoms with Gasteiger partial charge in [0.2, 0.25) is 20.0 Å². The first-order valence-electron chi connectivity index (χ1n) is 7.60. The summed E-state index contributed by atoms with van der Waals surface area (Å²) in [6, 6.07) is 1.72. The molecule has 1 heterocycles. The van der Waals surface area contributed by atoms with Crippen LogP contribution in [0.5, 0.6) is 0 Å². The van der Waals surface area contributed by atoms with Crippen LogP contribution in [0.2, 0.25) is 0 Å². The van der Waals surface area contributed by atoms with Crippen molar-refractivity contribution < 1.29 is 21.6 Å². The lowest BCUT2D eigenvalue weighted by atomic mass is 10.1. The monoisotopic (exact) mass is 376 g/mol. The molecule has 1 fully saturated rings. The molecule has 1 aromatic rings. The quantitative estimate of drug-likeness (QED) is 0.784. The summed E-state index contributed by atoms with van der Waals surface area (Å²) in [6.45, 7) is 6.49. The number of sulfonamides is 2. The van der Waals surface area contributed by atoms with Crippen LogP contribution >= 0.6 is 0 Å². The Labute approximate surface area is 144 Å². The van der Waals surface area contributed by atoms with Crippen molar-refractivity contribution in [3.63, 3.8) is 0 Å². The van der Waals surface area contributed by atoms with Crippen LogP contribution in [0.1, 0.15) is 16.7 Å². The molecule has 0 N–H and O–H groups in total. The number of rotatable bonds is 4. The summed E-state index contributed by atoms with van der Waals surface area (Å²) >= 11 is 0.